The molecule has 0 aliphatic heterocycles. The summed E-state index contributed by atoms with van der Waals surface area (Å²) < 4.78 is 40.4. The molecule has 0 aliphatic rings. The number of hydrogen-bond acceptors (Lipinski definition) is 5. The molecule has 5 nitrogen and oxygen atoms in total. The van der Waals surface area contributed by atoms with Crippen LogP contribution in [0.2, 0.25) is 5.02 Å². The molecule has 0 unspecified atom stereocenters. The SMILES string of the molecule is Nc1ncnc(Nc2ccc(OC(F)(F)F)c(Br)c2)c1Cl. The number of ether oxygens (including phenoxy) is 1. The number of halogens is 5. The summed E-state index contributed by atoms with van der Waals surface area (Å²) in [5.74, 6) is -0.0350. The summed E-state index contributed by atoms with van der Waals surface area (Å²) in [6.45, 7) is 0. The number of nitrogen functional groups attached to an aromatic ring is 1. The fourth-order valence-corrected chi connectivity index (χ4v) is 2.00. The minimum atomic E-state index is -4.76. The number of aromatic nitrogens is 2. The summed E-state index contributed by atoms with van der Waals surface area (Å²) in [5, 5.41) is 2.93. The van der Waals surface area contributed by atoms with Crippen LogP contribution in [-0.4, -0.2) is 16.3 Å². The molecule has 10 heteroatoms. The summed E-state index contributed by atoms with van der Waals surface area (Å²) >= 11 is 8.89. The second kappa shape index (κ2) is 5.94. The molecule has 0 radical (unpaired) electrons. The van der Waals surface area contributed by atoms with Gasteiger partial charge in [0.05, 0.1) is 4.47 Å². The molecule has 0 saturated heterocycles. The van der Waals surface area contributed by atoms with E-state index in [1.165, 1.54) is 18.5 Å². The Morgan fingerprint density at radius 3 is 2.62 bits per heavy atom. The Hall–Kier alpha value is -1.74. The van der Waals surface area contributed by atoms with Crippen molar-refractivity contribution in [3.8, 4) is 5.75 Å². The smallest absolute Gasteiger partial charge is 0.405 e. The maximum absolute atomic E-state index is 12.2. The summed E-state index contributed by atoms with van der Waals surface area (Å²) in [5.41, 5.74) is 5.96. The highest BCUT2D eigenvalue weighted by molar-refractivity contribution is 9.10. The zero-order valence-electron chi connectivity index (χ0n) is 10.1. The monoisotopic (exact) mass is 382 g/mol. The number of nitrogens with zero attached hydrogens (tertiary/aromatic N) is 2. The van der Waals surface area contributed by atoms with E-state index in [-0.39, 0.29) is 26.9 Å². The van der Waals surface area contributed by atoms with Crippen molar-refractivity contribution in [3.63, 3.8) is 0 Å². The average Bonchev–Trinajstić information content (AvgIpc) is 2.37. The van der Waals surface area contributed by atoms with Crippen LogP contribution in [0.15, 0.2) is 29.0 Å². The molecule has 1 aromatic heterocycles. The third-order valence-corrected chi connectivity index (χ3v) is 3.23. The molecule has 0 bridgehead atoms. The first-order chi connectivity index (χ1) is 9.76. The van der Waals surface area contributed by atoms with E-state index < -0.39 is 6.36 Å². The van der Waals surface area contributed by atoms with Crippen LogP contribution >= 0.6 is 27.5 Å². The summed E-state index contributed by atoms with van der Waals surface area (Å²) in [7, 11) is 0. The highest BCUT2D eigenvalue weighted by Gasteiger charge is 2.31. The number of rotatable bonds is 3. The van der Waals surface area contributed by atoms with Crippen LogP contribution < -0.4 is 15.8 Å². The molecule has 1 aromatic carbocycles. The minimum Gasteiger partial charge on any atom is -0.405 e. The molecule has 2 aromatic rings. The lowest BCUT2D eigenvalue weighted by atomic mass is 10.3. The Bertz CT molecular complexity index is 668. The summed E-state index contributed by atoms with van der Waals surface area (Å²) in [4.78, 5) is 7.58. The molecule has 0 saturated carbocycles. The topological polar surface area (TPSA) is 73.1 Å². The van der Waals surface area contributed by atoms with E-state index in [9.17, 15) is 13.2 Å². The summed E-state index contributed by atoms with van der Waals surface area (Å²) in [6.07, 6.45) is -3.55. The average molecular weight is 384 g/mol. The molecule has 21 heavy (non-hydrogen) atoms. The normalized spacial score (nSPS) is 11.3. The van der Waals surface area contributed by atoms with Crippen LogP contribution in [0.1, 0.15) is 0 Å². The lowest BCUT2D eigenvalue weighted by Crippen LogP contribution is -2.17. The maximum atomic E-state index is 12.2. The number of nitrogens with two attached hydrogens (primary N) is 1. The van der Waals surface area contributed by atoms with Gasteiger partial charge in [0.25, 0.3) is 0 Å². The number of hydrogen-bond donors (Lipinski definition) is 2. The van der Waals surface area contributed by atoms with Crippen LogP contribution in [-0.2, 0) is 0 Å². The Kier molecular flexibility index (Phi) is 4.43. The van der Waals surface area contributed by atoms with Gasteiger partial charge in [-0.2, -0.15) is 0 Å². The Labute approximate surface area is 130 Å². The molecule has 1 heterocycles. The van der Waals surface area contributed by atoms with E-state index >= 15 is 0 Å². The van der Waals surface area contributed by atoms with Crippen molar-refractivity contribution < 1.29 is 17.9 Å². The third-order valence-electron chi connectivity index (χ3n) is 2.24. The fourth-order valence-electron chi connectivity index (χ4n) is 1.39. The summed E-state index contributed by atoms with van der Waals surface area (Å²) in [6, 6.07) is 3.91. The number of alkyl halides is 3. The number of nitrogens with one attached hydrogen (secondary N) is 1. The molecular formula is C11H7BrClF3N4O. The zero-order chi connectivity index (χ0) is 15.6. The highest BCUT2D eigenvalue weighted by atomic mass is 79.9. The van der Waals surface area contributed by atoms with Crippen molar-refractivity contribution in [3.05, 3.63) is 34.0 Å². The van der Waals surface area contributed by atoms with E-state index in [1.807, 2.05) is 0 Å². The number of anilines is 3. The maximum Gasteiger partial charge on any atom is 0.573 e. The van der Waals surface area contributed by atoms with E-state index in [0.717, 1.165) is 6.07 Å². The predicted octanol–water partition coefficient (Wildman–Crippen LogP) is 4.12. The van der Waals surface area contributed by atoms with Gasteiger partial charge in [-0.1, -0.05) is 11.6 Å². The minimum absolute atomic E-state index is 0.0882. The first-order valence-electron chi connectivity index (χ1n) is 5.34. The Morgan fingerprint density at radius 1 is 1.29 bits per heavy atom. The molecule has 0 spiro atoms. The number of benzene rings is 1. The van der Waals surface area contributed by atoms with Crippen molar-refractivity contribution in [1.29, 1.82) is 0 Å². The predicted molar refractivity (Wildman–Crippen MR) is 75.6 cm³/mol. The van der Waals surface area contributed by atoms with Gasteiger partial charge in [0, 0.05) is 5.69 Å². The van der Waals surface area contributed by atoms with Gasteiger partial charge in [-0.25, -0.2) is 9.97 Å². The van der Waals surface area contributed by atoms with Crippen molar-refractivity contribution in [2.75, 3.05) is 11.1 Å². The van der Waals surface area contributed by atoms with Gasteiger partial charge in [0.15, 0.2) is 5.82 Å². The van der Waals surface area contributed by atoms with Gasteiger partial charge in [-0.3, -0.25) is 0 Å². The lowest BCUT2D eigenvalue weighted by Gasteiger charge is -2.12. The molecule has 0 fully saturated rings. The van der Waals surface area contributed by atoms with Gasteiger partial charge < -0.3 is 15.8 Å². The first kappa shape index (κ1) is 15.6. The van der Waals surface area contributed by atoms with Gasteiger partial charge >= 0.3 is 6.36 Å². The van der Waals surface area contributed by atoms with Crippen LogP contribution in [0.3, 0.4) is 0 Å². The fraction of sp³-hybridized carbons (Fsp3) is 0.0909. The van der Waals surface area contributed by atoms with Crippen LogP contribution in [0.4, 0.5) is 30.5 Å². The third kappa shape index (κ3) is 4.11. The quantitative estimate of drug-likeness (QED) is 0.834. The van der Waals surface area contributed by atoms with Crippen molar-refractivity contribution in [2.24, 2.45) is 0 Å². The van der Waals surface area contributed by atoms with E-state index in [2.05, 4.69) is 36.0 Å². The molecular weight excluding hydrogens is 376 g/mol. The van der Waals surface area contributed by atoms with Gasteiger partial charge in [0.2, 0.25) is 0 Å². The zero-order valence-corrected chi connectivity index (χ0v) is 12.4. The van der Waals surface area contributed by atoms with Crippen molar-refractivity contribution in [2.45, 2.75) is 6.36 Å². The van der Waals surface area contributed by atoms with Crippen molar-refractivity contribution >= 4 is 44.9 Å². The molecule has 0 amide bonds. The standard InChI is InChI=1S/C11H7BrClF3N4O/c12-6-3-5(1-2-7(6)21-11(14,15)16)20-10-8(13)9(17)18-4-19-10/h1-4H,(H3,17,18,19,20). The largest absolute Gasteiger partial charge is 0.573 e. The van der Waals surface area contributed by atoms with Crippen molar-refractivity contribution in [1.82, 2.24) is 9.97 Å². The first-order valence-corrected chi connectivity index (χ1v) is 6.51. The van der Waals surface area contributed by atoms with E-state index in [0.29, 0.717) is 5.69 Å². The van der Waals surface area contributed by atoms with E-state index in [4.69, 9.17) is 17.3 Å². The van der Waals surface area contributed by atoms with Gasteiger partial charge in [0.1, 0.15) is 22.9 Å². The Balaban J connectivity index is 2.23. The molecule has 2 rings (SSSR count). The van der Waals surface area contributed by atoms with Crippen LogP contribution in [0, 0.1) is 0 Å². The van der Waals surface area contributed by atoms with Crippen LogP contribution in [0.5, 0.6) is 5.75 Å². The highest BCUT2D eigenvalue weighted by Crippen LogP contribution is 2.34. The van der Waals surface area contributed by atoms with E-state index in [1.54, 1.807) is 0 Å². The van der Waals surface area contributed by atoms with Gasteiger partial charge in [-0.05, 0) is 34.1 Å². The molecule has 112 valence electrons. The lowest BCUT2D eigenvalue weighted by molar-refractivity contribution is -0.274. The Morgan fingerprint density at radius 2 is 2.00 bits per heavy atom. The molecule has 0 aliphatic carbocycles. The van der Waals surface area contributed by atoms with Gasteiger partial charge in [-0.15, -0.1) is 13.2 Å². The molecule has 3 N–H and O–H groups in total. The molecule has 0 atom stereocenters. The van der Waals surface area contributed by atoms with Crippen LogP contribution in [0.25, 0.3) is 0 Å². The second-order valence-electron chi connectivity index (χ2n) is 3.74. The second-order valence-corrected chi connectivity index (χ2v) is 4.97.